The van der Waals surface area contributed by atoms with Crippen LogP contribution in [-0.2, 0) is 11.2 Å². The van der Waals surface area contributed by atoms with Gasteiger partial charge in [0.15, 0.2) is 0 Å². The first kappa shape index (κ1) is 12.1. The second kappa shape index (κ2) is 6.53. The fourth-order valence-corrected chi connectivity index (χ4v) is 1.46. The van der Waals surface area contributed by atoms with Crippen LogP contribution in [0.4, 0.5) is 0 Å². The van der Waals surface area contributed by atoms with Gasteiger partial charge in [-0.1, -0.05) is 6.92 Å². The van der Waals surface area contributed by atoms with Crippen molar-refractivity contribution in [1.29, 1.82) is 0 Å². The number of pyridine rings is 1. The van der Waals surface area contributed by atoms with E-state index in [0.717, 1.165) is 12.0 Å². The summed E-state index contributed by atoms with van der Waals surface area (Å²) in [6.07, 6.45) is 4.78. The number of ether oxygens (including phenoxy) is 1. The lowest BCUT2D eigenvalue weighted by molar-refractivity contribution is 0.0887. The zero-order chi connectivity index (χ0) is 11.1. The van der Waals surface area contributed by atoms with Crippen molar-refractivity contribution in [2.45, 2.75) is 25.9 Å². The normalized spacial score (nSPS) is 14.9. The van der Waals surface area contributed by atoms with Gasteiger partial charge in [0.1, 0.15) is 0 Å². The number of methoxy groups -OCH3 is 1. The lowest BCUT2D eigenvalue weighted by atomic mass is 9.96. The maximum absolute atomic E-state index is 9.92. The number of aliphatic hydroxyl groups is 1. The molecule has 1 N–H and O–H groups in total. The van der Waals surface area contributed by atoms with E-state index >= 15 is 0 Å². The van der Waals surface area contributed by atoms with Gasteiger partial charge in [-0.05, 0) is 36.5 Å². The molecule has 3 nitrogen and oxygen atoms in total. The van der Waals surface area contributed by atoms with Crippen LogP contribution in [0.15, 0.2) is 24.5 Å². The third-order valence-electron chi connectivity index (χ3n) is 2.63. The quantitative estimate of drug-likeness (QED) is 0.774. The number of rotatable bonds is 6. The molecule has 0 bridgehead atoms. The molecular weight excluding hydrogens is 190 g/mol. The molecule has 84 valence electrons. The Labute approximate surface area is 91.1 Å². The second-order valence-corrected chi connectivity index (χ2v) is 3.89. The van der Waals surface area contributed by atoms with Gasteiger partial charge in [-0.25, -0.2) is 0 Å². The van der Waals surface area contributed by atoms with E-state index in [1.165, 1.54) is 0 Å². The van der Waals surface area contributed by atoms with Crippen molar-refractivity contribution in [2.24, 2.45) is 5.92 Å². The Morgan fingerprint density at radius 3 is 2.67 bits per heavy atom. The summed E-state index contributed by atoms with van der Waals surface area (Å²) >= 11 is 0. The summed E-state index contributed by atoms with van der Waals surface area (Å²) in [4.78, 5) is 3.95. The van der Waals surface area contributed by atoms with Gasteiger partial charge in [-0.15, -0.1) is 0 Å². The van der Waals surface area contributed by atoms with Gasteiger partial charge in [0.2, 0.25) is 0 Å². The summed E-state index contributed by atoms with van der Waals surface area (Å²) in [7, 11) is 1.68. The predicted molar refractivity (Wildman–Crippen MR) is 59.6 cm³/mol. The van der Waals surface area contributed by atoms with Crippen LogP contribution in [0, 0.1) is 5.92 Å². The van der Waals surface area contributed by atoms with Gasteiger partial charge in [0, 0.05) is 26.1 Å². The lowest BCUT2D eigenvalue weighted by Crippen LogP contribution is -2.21. The largest absolute Gasteiger partial charge is 0.393 e. The van der Waals surface area contributed by atoms with Gasteiger partial charge < -0.3 is 9.84 Å². The van der Waals surface area contributed by atoms with Gasteiger partial charge in [-0.3, -0.25) is 4.98 Å². The van der Waals surface area contributed by atoms with Gasteiger partial charge in [-0.2, -0.15) is 0 Å². The van der Waals surface area contributed by atoms with Crippen molar-refractivity contribution in [3.05, 3.63) is 30.1 Å². The summed E-state index contributed by atoms with van der Waals surface area (Å²) < 4.78 is 4.99. The molecule has 1 rings (SSSR count). The average molecular weight is 209 g/mol. The Balaban J connectivity index is 2.38. The summed E-state index contributed by atoms with van der Waals surface area (Å²) in [6.45, 7) is 2.75. The van der Waals surface area contributed by atoms with E-state index in [2.05, 4.69) is 4.98 Å². The van der Waals surface area contributed by atoms with Crippen molar-refractivity contribution >= 4 is 0 Å². The summed E-state index contributed by atoms with van der Waals surface area (Å²) in [5, 5.41) is 9.92. The van der Waals surface area contributed by atoms with E-state index in [0.29, 0.717) is 13.0 Å². The molecule has 2 atom stereocenters. The highest BCUT2D eigenvalue weighted by Gasteiger charge is 2.14. The highest BCUT2D eigenvalue weighted by molar-refractivity contribution is 5.10. The molecule has 0 saturated carbocycles. The molecular formula is C12H19NO2. The van der Waals surface area contributed by atoms with Gasteiger partial charge >= 0.3 is 0 Å². The molecule has 0 amide bonds. The summed E-state index contributed by atoms with van der Waals surface area (Å²) in [5.74, 6) is 0.262. The van der Waals surface area contributed by atoms with Crippen LogP contribution < -0.4 is 0 Å². The molecule has 0 radical (unpaired) electrons. The standard InChI is InChI=1S/C12H19NO2/c1-10(5-8-15-2)12(14)9-11-3-6-13-7-4-11/h3-4,6-7,10,12,14H,5,8-9H2,1-2H3. The number of hydrogen-bond donors (Lipinski definition) is 1. The number of hydrogen-bond acceptors (Lipinski definition) is 3. The van der Waals surface area contributed by atoms with Crippen LogP contribution in [0.3, 0.4) is 0 Å². The van der Waals surface area contributed by atoms with Crippen LogP contribution in [0.25, 0.3) is 0 Å². The SMILES string of the molecule is COCCC(C)C(O)Cc1ccncc1. The lowest BCUT2D eigenvalue weighted by Gasteiger charge is -2.18. The van der Waals surface area contributed by atoms with Crippen molar-refractivity contribution in [3.8, 4) is 0 Å². The average Bonchev–Trinajstić information content (AvgIpc) is 2.27. The molecule has 1 aromatic heterocycles. The molecule has 1 aromatic rings. The molecule has 0 aliphatic rings. The fourth-order valence-electron chi connectivity index (χ4n) is 1.46. The number of nitrogens with zero attached hydrogens (tertiary/aromatic N) is 1. The van der Waals surface area contributed by atoms with Crippen LogP contribution in [0.1, 0.15) is 18.9 Å². The van der Waals surface area contributed by atoms with Crippen LogP contribution in [-0.4, -0.2) is 29.9 Å². The monoisotopic (exact) mass is 209 g/mol. The molecule has 0 saturated heterocycles. The minimum Gasteiger partial charge on any atom is -0.393 e. The summed E-state index contributed by atoms with van der Waals surface area (Å²) in [6, 6.07) is 3.87. The highest BCUT2D eigenvalue weighted by Crippen LogP contribution is 2.13. The first-order chi connectivity index (χ1) is 7.24. The second-order valence-electron chi connectivity index (χ2n) is 3.89. The number of aromatic nitrogens is 1. The first-order valence-electron chi connectivity index (χ1n) is 5.30. The molecule has 0 aromatic carbocycles. The summed E-state index contributed by atoms with van der Waals surface area (Å²) in [5.41, 5.74) is 1.13. The van der Waals surface area contributed by atoms with Gasteiger partial charge in [0.05, 0.1) is 6.10 Å². The first-order valence-corrected chi connectivity index (χ1v) is 5.30. The van der Waals surface area contributed by atoms with Crippen molar-refractivity contribution in [1.82, 2.24) is 4.98 Å². The Bertz CT molecular complexity index is 264. The smallest absolute Gasteiger partial charge is 0.0606 e. The Morgan fingerprint density at radius 2 is 2.07 bits per heavy atom. The van der Waals surface area contributed by atoms with Crippen molar-refractivity contribution < 1.29 is 9.84 Å². The molecule has 0 aliphatic carbocycles. The third-order valence-corrected chi connectivity index (χ3v) is 2.63. The minimum atomic E-state index is -0.303. The predicted octanol–water partition coefficient (Wildman–Crippen LogP) is 1.66. The van der Waals surface area contributed by atoms with E-state index in [9.17, 15) is 5.11 Å². The minimum absolute atomic E-state index is 0.262. The molecule has 0 spiro atoms. The van der Waals surface area contributed by atoms with E-state index in [1.807, 2.05) is 19.1 Å². The van der Waals surface area contributed by atoms with Crippen LogP contribution in [0.2, 0.25) is 0 Å². The van der Waals surface area contributed by atoms with E-state index < -0.39 is 0 Å². The maximum atomic E-state index is 9.92. The zero-order valence-corrected chi connectivity index (χ0v) is 9.39. The third kappa shape index (κ3) is 4.40. The Kier molecular flexibility index (Phi) is 5.29. The highest BCUT2D eigenvalue weighted by atomic mass is 16.5. The Hall–Kier alpha value is -0.930. The molecule has 15 heavy (non-hydrogen) atoms. The topological polar surface area (TPSA) is 42.4 Å². The molecule has 0 fully saturated rings. The molecule has 2 unspecified atom stereocenters. The Morgan fingerprint density at radius 1 is 1.40 bits per heavy atom. The van der Waals surface area contributed by atoms with Crippen molar-refractivity contribution in [3.63, 3.8) is 0 Å². The van der Waals surface area contributed by atoms with E-state index in [-0.39, 0.29) is 12.0 Å². The molecule has 0 aliphatic heterocycles. The number of aliphatic hydroxyl groups excluding tert-OH is 1. The zero-order valence-electron chi connectivity index (χ0n) is 9.39. The fraction of sp³-hybridized carbons (Fsp3) is 0.583. The van der Waals surface area contributed by atoms with E-state index in [1.54, 1.807) is 19.5 Å². The van der Waals surface area contributed by atoms with Crippen molar-refractivity contribution in [2.75, 3.05) is 13.7 Å². The maximum Gasteiger partial charge on any atom is 0.0606 e. The van der Waals surface area contributed by atoms with E-state index in [4.69, 9.17) is 4.74 Å². The van der Waals surface area contributed by atoms with Gasteiger partial charge in [0.25, 0.3) is 0 Å². The molecule has 3 heteroatoms. The molecule has 1 heterocycles. The van der Waals surface area contributed by atoms with Crippen LogP contribution >= 0.6 is 0 Å². The van der Waals surface area contributed by atoms with Crippen LogP contribution in [0.5, 0.6) is 0 Å².